The summed E-state index contributed by atoms with van der Waals surface area (Å²) >= 11 is 0. The average Bonchev–Trinajstić information content (AvgIpc) is 3.15. The van der Waals surface area contributed by atoms with Crippen LogP contribution in [-0.2, 0) is 6.54 Å². The van der Waals surface area contributed by atoms with E-state index in [1.165, 1.54) is 0 Å². The van der Waals surface area contributed by atoms with Crippen LogP contribution >= 0.6 is 0 Å². The second-order valence-corrected chi connectivity index (χ2v) is 5.68. The van der Waals surface area contributed by atoms with Gasteiger partial charge in [-0.1, -0.05) is 30.3 Å². The first-order valence-electron chi connectivity index (χ1n) is 7.83. The summed E-state index contributed by atoms with van der Waals surface area (Å²) < 4.78 is 1.96. The maximum absolute atomic E-state index is 4.45. The Kier molecular flexibility index (Phi) is 4.78. The lowest BCUT2D eigenvalue weighted by atomic mass is 10.1. The molecule has 5 heteroatoms. The molecule has 0 amide bonds. The molecule has 0 fully saturated rings. The number of nitrogens with one attached hydrogen (secondary N) is 1. The fraction of sp³-hybridized carbons (Fsp3) is 0.278. The summed E-state index contributed by atoms with van der Waals surface area (Å²) in [6, 6.07) is 12.5. The normalized spacial score (nSPS) is 13.7. The standard InChI is InChI=1S/C18H21N5/c1-14(15(2)23-10-6-9-22-23)19-11-16-12-20-18(21-13-16)17-7-4-3-5-8-17/h3-10,12-15,19H,11H2,1-2H3/t14-,15-/m0/s1. The highest BCUT2D eigenvalue weighted by Gasteiger charge is 2.13. The Balaban J connectivity index is 1.58. The quantitative estimate of drug-likeness (QED) is 0.760. The average molecular weight is 307 g/mol. The highest BCUT2D eigenvalue weighted by Crippen LogP contribution is 2.14. The number of rotatable bonds is 6. The molecule has 3 rings (SSSR count). The number of hydrogen-bond acceptors (Lipinski definition) is 4. The largest absolute Gasteiger partial charge is 0.308 e. The van der Waals surface area contributed by atoms with Gasteiger partial charge in [-0.2, -0.15) is 5.10 Å². The molecule has 0 spiro atoms. The van der Waals surface area contributed by atoms with Crippen LogP contribution in [0.3, 0.4) is 0 Å². The minimum Gasteiger partial charge on any atom is -0.308 e. The first kappa shape index (κ1) is 15.4. The molecule has 118 valence electrons. The summed E-state index contributed by atoms with van der Waals surface area (Å²) in [7, 11) is 0. The number of nitrogens with zero attached hydrogens (tertiary/aromatic N) is 4. The van der Waals surface area contributed by atoms with Gasteiger partial charge in [-0.15, -0.1) is 0 Å². The topological polar surface area (TPSA) is 55.6 Å². The van der Waals surface area contributed by atoms with Crippen LogP contribution in [-0.4, -0.2) is 25.8 Å². The summed E-state index contributed by atoms with van der Waals surface area (Å²) in [4.78, 5) is 8.91. The van der Waals surface area contributed by atoms with Crippen molar-refractivity contribution < 1.29 is 0 Å². The van der Waals surface area contributed by atoms with E-state index in [4.69, 9.17) is 0 Å². The number of hydrogen-bond donors (Lipinski definition) is 1. The molecule has 2 aromatic heterocycles. The first-order chi connectivity index (χ1) is 11.2. The summed E-state index contributed by atoms with van der Waals surface area (Å²) in [5.74, 6) is 0.757. The Labute approximate surface area is 136 Å². The van der Waals surface area contributed by atoms with Gasteiger partial charge in [0, 0.05) is 48.5 Å². The Morgan fingerprint density at radius 1 is 1.04 bits per heavy atom. The van der Waals surface area contributed by atoms with E-state index in [2.05, 4.69) is 34.2 Å². The minimum absolute atomic E-state index is 0.287. The maximum Gasteiger partial charge on any atom is 0.159 e. The number of aromatic nitrogens is 4. The molecule has 0 unspecified atom stereocenters. The number of benzene rings is 1. The van der Waals surface area contributed by atoms with Crippen molar-refractivity contribution in [3.05, 3.63) is 66.7 Å². The third-order valence-corrected chi connectivity index (χ3v) is 4.03. The predicted molar refractivity (Wildman–Crippen MR) is 90.7 cm³/mol. The van der Waals surface area contributed by atoms with Crippen molar-refractivity contribution in [1.29, 1.82) is 0 Å². The van der Waals surface area contributed by atoms with Crippen LogP contribution in [0.15, 0.2) is 61.2 Å². The lowest BCUT2D eigenvalue weighted by molar-refractivity contribution is 0.365. The van der Waals surface area contributed by atoms with Crippen molar-refractivity contribution >= 4 is 0 Å². The van der Waals surface area contributed by atoms with Gasteiger partial charge in [-0.3, -0.25) is 4.68 Å². The van der Waals surface area contributed by atoms with E-state index in [-0.39, 0.29) is 6.04 Å². The van der Waals surface area contributed by atoms with E-state index in [0.717, 1.165) is 23.5 Å². The van der Waals surface area contributed by atoms with Crippen molar-refractivity contribution in [2.75, 3.05) is 0 Å². The molecule has 3 aromatic rings. The second kappa shape index (κ2) is 7.15. The molecule has 0 aliphatic heterocycles. The van der Waals surface area contributed by atoms with Crippen molar-refractivity contribution in [3.8, 4) is 11.4 Å². The Hall–Kier alpha value is -2.53. The fourth-order valence-corrected chi connectivity index (χ4v) is 2.38. The second-order valence-electron chi connectivity index (χ2n) is 5.68. The Bertz CT molecular complexity index is 707. The summed E-state index contributed by atoms with van der Waals surface area (Å²) in [5, 5.41) is 7.79. The van der Waals surface area contributed by atoms with E-state index in [1.807, 2.05) is 59.7 Å². The van der Waals surface area contributed by atoms with Crippen LogP contribution in [0.4, 0.5) is 0 Å². The molecular formula is C18H21N5. The van der Waals surface area contributed by atoms with E-state index in [0.29, 0.717) is 6.04 Å². The Morgan fingerprint density at radius 2 is 1.78 bits per heavy atom. The highest BCUT2D eigenvalue weighted by molar-refractivity contribution is 5.53. The molecule has 0 radical (unpaired) electrons. The molecule has 0 saturated heterocycles. The fourth-order valence-electron chi connectivity index (χ4n) is 2.38. The summed E-state index contributed by atoms with van der Waals surface area (Å²) in [5.41, 5.74) is 2.11. The molecule has 23 heavy (non-hydrogen) atoms. The van der Waals surface area contributed by atoms with E-state index >= 15 is 0 Å². The molecule has 5 nitrogen and oxygen atoms in total. The van der Waals surface area contributed by atoms with Crippen LogP contribution in [0.25, 0.3) is 11.4 Å². The third-order valence-electron chi connectivity index (χ3n) is 4.03. The van der Waals surface area contributed by atoms with Gasteiger partial charge >= 0.3 is 0 Å². The summed E-state index contributed by atoms with van der Waals surface area (Å²) in [6.07, 6.45) is 7.56. The monoisotopic (exact) mass is 307 g/mol. The van der Waals surface area contributed by atoms with Gasteiger partial charge in [0.2, 0.25) is 0 Å². The van der Waals surface area contributed by atoms with Crippen LogP contribution in [0, 0.1) is 0 Å². The molecule has 0 saturated carbocycles. The van der Waals surface area contributed by atoms with Crippen molar-refractivity contribution in [1.82, 2.24) is 25.1 Å². The molecule has 1 N–H and O–H groups in total. The van der Waals surface area contributed by atoms with Gasteiger partial charge in [0.25, 0.3) is 0 Å². The zero-order valence-corrected chi connectivity index (χ0v) is 13.4. The lowest BCUT2D eigenvalue weighted by Gasteiger charge is -2.21. The van der Waals surface area contributed by atoms with Crippen LogP contribution in [0.1, 0.15) is 25.5 Å². The van der Waals surface area contributed by atoms with E-state index in [9.17, 15) is 0 Å². The predicted octanol–water partition coefficient (Wildman–Crippen LogP) is 3.08. The van der Waals surface area contributed by atoms with E-state index < -0.39 is 0 Å². The maximum atomic E-state index is 4.45. The van der Waals surface area contributed by atoms with Gasteiger partial charge in [-0.05, 0) is 19.9 Å². The minimum atomic E-state index is 0.287. The Morgan fingerprint density at radius 3 is 2.43 bits per heavy atom. The van der Waals surface area contributed by atoms with Crippen LogP contribution in [0.5, 0.6) is 0 Å². The zero-order chi connectivity index (χ0) is 16.1. The molecule has 2 atom stereocenters. The van der Waals surface area contributed by atoms with Crippen molar-refractivity contribution in [3.63, 3.8) is 0 Å². The van der Waals surface area contributed by atoms with Gasteiger partial charge in [0.05, 0.1) is 6.04 Å². The SMILES string of the molecule is C[C@H](NCc1cnc(-c2ccccc2)nc1)[C@H](C)n1cccn1. The van der Waals surface area contributed by atoms with Gasteiger partial charge in [-0.25, -0.2) is 9.97 Å². The van der Waals surface area contributed by atoms with Crippen molar-refractivity contribution in [2.45, 2.75) is 32.5 Å². The molecular weight excluding hydrogens is 286 g/mol. The summed E-state index contributed by atoms with van der Waals surface area (Å²) in [6.45, 7) is 5.05. The van der Waals surface area contributed by atoms with E-state index in [1.54, 1.807) is 6.20 Å². The highest BCUT2D eigenvalue weighted by atomic mass is 15.3. The van der Waals surface area contributed by atoms with Crippen molar-refractivity contribution in [2.24, 2.45) is 0 Å². The molecule has 1 aromatic carbocycles. The molecule has 2 heterocycles. The third kappa shape index (κ3) is 3.81. The molecule has 0 aliphatic rings. The smallest absolute Gasteiger partial charge is 0.159 e. The van der Waals surface area contributed by atoms with Crippen LogP contribution in [0.2, 0.25) is 0 Å². The van der Waals surface area contributed by atoms with Gasteiger partial charge < -0.3 is 5.32 Å². The zero-order valence-electron chi connectivity index (χ0n) is 13.4. The van der Waals surface area contributed by atoms with Gasteiger partial charge in [0.1, 0.15) is 0 Å². The molecule has 0 aliphatic carbocycles. The first-order valence-corrected chi connectivity index (χ1v) is 7.83. The lowest BCUT2D eigenvalue weighted by Crippen LogP contribution is -2.33. The van der Waals surface area contributed by atoms with Crippen LogP contribution < -0.4 is 5.32 Å². The molecule has 0 bridgehead atoms. The van der Waals surface area contributed by atoms with Gasteiger partial charge in [0.15, 0.2) is 5.82 Å².